The first kappa shape index (κ1) is 8.74. The molecule has 3 nitrogen and oxygen atoms in total. The molecule has 1 aromatic carbocycles. The predicted molar refractivity (Wildman–Crippen MR) is 45.8 cm³/mol. The van der Waals surface area contributed by atoms with Crippen molar-refractivity contribution in [3.05, 3.63) is 35.9 Å². The highest BCUT2D eigenvalue weighted by molar-refractivity contribution is 5.73. The fraction of sp³-hybridized carbons (Fsp3) is 0.222. The normalized spacial score (nSPS) is 12.4. The van der Waals surface area contributed by atoms with Gasteiger partial charge in [-0.05, 0) is 12.0 Å². The van der Waals surface area contributed by atoms with E-state index >= 15 is 0 Å². The van der Waals surface area contributed by atoms with Crippen LogP contribution in [-0.2, 0) is 11.2 Å². The van der Waals surface area contributed by atoms with Crippen LogP contribution in [0.25, 0.3) is 0 Å². The Bertz CT molecular complexity index is 258. The average molecular weight is 169 g/mol. The quantitative estimate of drug-likeness (QED) is 0.653. The number of nitrogens with two attached hydrogens (primary N) is 1. The highest BCUT2D eigenvalue weighted by Gasteiger charge is 2.10. The molecule has 1 aromatic rings. The van der Waals surface area contributed by atoms with Crippen molar-refractivity contribution in [2.45, 2.75) is 12.5 Å². The van der Waals surface area contributed by atoms with Gasteiger partial charge in [-0.3, -0.25) is 4.79 Å². The first-order chi connectivity index (χ1) is 5.70. The average Bonchev–Trinajstić information content (AvgIpc) is 2.06. The van der Waals surface area contributed by atoms with E-state index in [9.17, 15) is 4.79 Å². The molecule has 0 heterocycles. The van der Waals surface area contributed by atoms with Gasteiger partial charge in [0.2, 0.25) is 0 Å². The van der Waals surface area contributed by atoms with Crippen molar-refractivity contribution in [1.82, 2.24) is 0 Å². The molecule has 0 spiro atoms. The molecule has 0 unspecified atom stereocenters. The molecule has 0 aliphatic rings. The number of carboxylic acid groups (broad SMARTS) is 1. The molecule has 64 valence electrons. The van der Waals surface area contributed by atoms with Gasteiger partial charge in [-0.25, -0.2) is 0 Å². The molecular formula is C9H11NO2. The maximum Gasteiger partial charge on any atom is 0.320 e. The van der Waals surface area contributed by atoms with Crippen molar-refractivity contribution in [3.8, 4) is 0 Å². The molecule has 3 heteroatoms. The van der Waals surface area contributed by atoms with E-state index in [-0.39, 0.29) is 0 Å². The first-order valence-corrected chi connectivity index (χ1v) is 3.72. The van der Waals surface area contributed by atoms with Crippen molar-refractivity contribution in [3.63, 3.8) is 0 Å². The summed E-state index contributed by atoms with van der Waals surface area (Å²) in [6.45, 7) is 0. The lowest BCUT2D eigenvalue weighted by Gasteiger charge is -2.04. The Labute approximate surface area is 70.8 Å². The van der Waals surface area contributed by atoms with E-state index in [0.717, 1.165) is 5.56 Å². The van der Waals surface area contributed by atoms with Crippen molar-refractivity contribution in [2.75, 3.05) is 0 Å². The third-order valence-corrected chi connectivity index (χ3v) is 1.62. The molecule has 0 bridgehead atoms. The van der Waals surface area contributed by atoms with E-state index in [2.05, 4.69) is 0 Å². The molecule has 0 aliphatic carbocycles. The van der Waals surface area contributed by atoms with Gasteiger partial charge in [0.05, 0.1) is 0 Å². The second-order valence-electron chi connectivity index (χ2n) is 2.63. The molecule has 12 heavy (non-hydrogen) atoms. The van der Waals surface area contributed by atoms with Gasteiger partial charge in [0.15, 0.2) is 0 Å². The van der Waals surface area contributed by atoms with Crippen LogP contribution < -0.4 is 5.73 Å². The molecule has 1 atom stereocenters. The van der Waals surface area contributed by atoms with Crippen LogP contribution in [0.4, 0.5) is 0 Å². The predicted octanol–water partition coefficient (Wildman–Crippen LogP) is 0.641. The van der Waals surface area contributed by atoms with Gasteiger partial charge >= 0.3 is 5.97 Å². The van der Waals surface area contributed by atoms with Crippen LogP contribution in [0.15, 0.2) is 30.3 Å². The minimum absolute atomic E-state index is 0.385. The highest BCUT2D eigenvalue weighted by atomic mass is 18.2. The van der Waals surface area contributed by atoms with Crippen molar-refractivity contribution in [1.29, 1.82) is 0 Å². The number of benzene rings is 1. The zero-order valence-corrected chi connectivity index (χ0v) is 6.60. The van der Waals surface area contributed by atoms with E-state index in [1.807, 2.05) is 30.3 Å². The third kappa shape index (κ3) is 2.36. The van der Waals surface area contributed by atoms with Crippen LogP contribution >= 0.6 is 0 Å². The topological polar surface area (TPSA) is 63.3 Å². The Kier molecular flexibility index (Phi) is 2.82. The molecule has 0 aromatic heterocycles. The van der Waals surface area contributed by atoms with Crippen molar-refractivity contribution < 1.29 is 9.90 Å². The minimum atomic E-state index is -0.959. The first-order valence-electron chi connectivity index (χ1n) is 3.72. The number of rotatable bonds is 3. The summed E-state index contributed by atoms with van der Waals surface area (Å²) in [6, 6.07) is 8.54. The largest absolute Gasteiger partial charge is 0.480 e. The molecule has 0 fully saturated rings. The molecule has 0 aliphatic heterocycles. The Morgan fingerprint density at radius 1 is 1.42 bits per heavy atom. The van der Waals surface area contributed by atoms with E-state index in [1.165, 1.54) is 0 Å². The van der Waals surface area contributed by atoms with E-state index in [4.69, 9.17) is 10.8 Å². The standard InChI is InChI=1S/C9H11NO2/c10-8(9(11)12)6-7-4-2-1-3-5-7/h1-5,8H,6,10H2,(H,11,12)/t8-/m0/s1/i11+2,12+2. The fourth-order valence-corrected chi connectivity index (χ4v) is 0.955. The van der Waals surface area contributed by atoms with Gasteiger partial charge in [0, 0.05) is 0 Å². The lowest BCUT2D eigenvalue weighted by atomic mass is 10.1. The second kappa shape index (κ2) is 3.88. The summed E-state index contributed by atoms with van der Waals surface area (Å²) < 4.78 is 0. The molecule has 0 radical (unpaired) electrons. The molecule has 0 saturated heterocycles. The summed E-state index contributed by atoms with van der Waals surface area (Å²) in [6.07, 6.45) is 0.385. The molecule has 0 amide bonds. The van der Waals surface area contributed by atoms with Crippen LogP contribution in [0.3, 0.4) is 0 Å². The van der Waals surface area contributed by atoms with E-state index in [0.29, 0.717) is 6.42 Å². The third-order valence-electron chi connectivity index (χ3n) is 1.62. The molecule has 3 N–H and O–H groups in total. The SMILES string of the molecule is N[C@@H](Cc1ccccc1)C(=[18O])[18OH]. The van der Waals surface area contributed by atoms with E-state index in [1.54, 1.807) is 0 Å². The minimum Gasteiger partial charge on any atom is -0.480 e. The number of carbonyl (C=O) groups is 1. The Morgan fingerprint density at radius 2 is 2.00 bits per heavy atom. The number of aliphatic carboxylic acids is 1. The Morgan fingerprint density at radius 3 is 2.50 bits per heavy atom. The van der Waals surface area contributed by atoms with Crippen molar-refractivity contribution in [2.24, 2.45) is 5.73 Å². The van der Waals surface area contributed by atoms with E-state index < -0.39 is 12.0 Å². The van der Waals surface area contributed by atoms with Crippen LogP contribution in [0, 0.1) is 0 Å². The van der Waals surface area contributed by atoms with Crippen LogP contribution in [0.1, 0.15) is 5.56 Å². The smallest absolute Gasteiger partial charge is 0.320 e. The number of hydrogen-bond acceptors (Lipinski definition) is 2. The monoisotopic (exact) mass is 169 g/mol. The second-order valence-corrected chi connectivity index (χ2v) is 2.63. The van der Waals surface area contributed by atoms with Crippen LogP contribution in [0.5, 0.6) is 0 Å². The Balaban J connectivity index is 2.58. The molecular weight excluding hydrogens is 158 g/mol. The molecule has 0 saturated carbocycles. The fourth-order valence-electron chi connectivity index (χ4n) is 0.955. The van der Waals surface area contributed by atoms with Gasteiger partial charge in [0.1, 0.15) is 6.04 Å². The lowest BCUT2D eigenvalue weighted by Crippen LogP contribution is -2.32. The summed E-state index contributed by atoms with van der Waals surface area (Å²) in [5.74, 6) is -0.959. The van der Waals surface area contributed by atoms with Gasteiger partial charge in [-0.2, -0.15) is 0 Å². The zero-order valence-electron chi connectivity index (χ0n) is 6.60. The highest BCUT2D eigenvalue weighted by Crippen LogP contribution is 2.01. The van der Waals surface area contributed by atoms with Crippen molar-refractivity contribution >= 4 is 5.97 Å². The summed E-state index contributed by atoms with van der Waals surface area (Å²) in [5, 5.41) is 8.52. The van der Waals surface area contributed by atoms with Gasteiger partial charge in [-0.1, -0.05) is 30.3 Å². The number of carboxylic acids is 1. The Hall–Kier alpha value is -1.35. The summed E-state index contributed by atoms with van der Waals surface area (Å²) in [4.78, 5) is 10.4. The van der Waals surface area contributed by atoms with Crippen LogP contribution in [0.2, 0.25) is 0 Å². The maximum absolute atomic E-state index is 10.4. The van der Waals surface area contributed by atoms with Gasteiger partial charge in [0.25, 0.3) is 0 Å². The molecule has 1 rings (SSSR count). The number of hydrogen-bond donors (Lipinski definition) is 2. The summed E-state index contributed by atoms with van der Waals surface area (Å²) in [5.41, 5.74) is 6.30. The maximum atomic E-state index is 10.4. The summed E-state index contributed by atoms with van der Waals surface area (Å²) >= 11 is 0. The van der Waals surface area contributed by atoms with Gasteiger partial charge in [-0.15, -0.1) is 0 Å². The lowest BCUT2D eigenvalue weighted by molar-refractivity contribution is -0.138. The van der Waals surface area contributed by atoms with Gasteiger partial charge < -0.3 is 10.8 Å². The van der Waals surface area contributed by atoms with Crippen LogP contribution in [-0.4, -0.2) is 17.1 Å². The zero-order chi connectivity index (χ0) is 8.97. The summed E-state index contributed by atoms with van der Waals surface area (Å²) in [7, 11) is 0.